The van der Waals surface area contributed by atoms with Gasteiger partial charge in [-0.2, -0.15) is 13.2 Å². The molecule has 0 radical (unpaired) electrons. The van der Waals surface area contributed by atoms with Gasteiger partial charge < -0.3 is 10.6 Å². The van der Waals surface area contributed by atoms with E-state index in [1.54, 1.807) is 0 Å². The van der Waals surface area contributed by atoms with Gasteiger partial charge in [0.05, 0.1) is 11.5 Å². The molecule has 2 heterocycles. The lowest BCUT2D eigenvalue weighted by Crippen LogP contribution is -2.44. The number of anilines is 1. The molecule has 1 fully saturated rings. The summed E-state index contributed by atoms with van der Waals surface area (Å²) in [6.07, 6.45) is -2.53. The number of nitrogens with zero attached hydrogens (tertiary/aromatic N) is 2. The van der Waals surface area contributed by atoms with Crippen molar-refractivity contribution in [2.24, 2.45) is 5.92 Å². The van der Waals surface area contributed by atoms with Crippen LogP contribution in [0.25, 0.3) is 0 Å². The van der Waals surface area contributed by atoms with Crippen LogP contribution in [0.15, 0.2) is 18.3 Å². The zero-order valence-electron chi connectivity index (χ0n) is 10.2. The van der Waals surface area contributed by atoms with Crippen LogP contribution in [0.2, 0.25) is 0 Å². The molecule has 7 heteroatoms. The second kappa shape index (κ2) is 5.07. The largest absolute Gasteiger partial charge is 0.393 e. The van der Waals surface area contributed by atoms with Crippen molar-refractivity contribution < 1.29 is 18.0 Å². The normalized spacial score (nSPS) is 20.4. The number of pyridine rings is 1. The topological polar surface area (TPSA) is 59.2 Å². The predicted octanol–water partition coefficient (Wildman–Crippen LogP) is 2.08. The molecule has 4 nitrogen and oxygen atoms in total. The number of alkyl halides is 3. The maximum absolute atomic E-state index is 12.7. The number of nitrogen functional groups attached to an aromatic ring is 1. The number of hydrogen-bond donors (Lipinski definition) is 1. The second-order valence-electron chi connectivity index (χ2n) is 4.60. The van der Waals surface area contributed by atoms with Gasteiger partial charge in [-0.05, 0) is 25.0 Å². The van der Waals surface area contributed by atoms with E-state index >= 15 is 0 Å². The van der Waals surface area contributed by atoms with E-state index in [4.69, 9.17) is 5.73 Å². The zero-order chi connectivity index (χ0) is 14.0. The van der Waals surface area contributed by atoms with E-state index in [1.807, 2.05) is 0 Å². The SMILES string of the molecule is Nc1ccc(C(=O)N2CCCC(C(F)(F)F)C2)cn1. The molecule has 0 aromatic carbocycles. The molecule has 1 unspecified atom stereocenters. The van der Waals surface area contributed by atoms with E-state index in [0.29, 0.717) is 13.0 Å². The van der Waals surface area contributed by atoms with Gasteiger partial charge in [-0.3, -0.25) is 4.79 Å². The fourth-order valence-corrected chi connectivity index (χ4v) is 2.14. The lowest BCUT2D eigenvalue weighted by atomic mass is 9.97. The molecule has 104 valence electrons. The maximum atomic E-state index is 12.7. The first kappa shape index (κ1) is 13.6. The van der Waals surface area contributed by atoms with Gasteiger partial charge in [0.25, 0.3) is 5.91 Å². The lowest BCUT2D eigenvalue weighted by molar-refractivity contribution is -0.184. The zero-order valence-corrected chi connectivity index (χ0v) is 10.2. The quantitative estimate of drug-likeness (QED) is 0.852. The molecule has 1 aliphatic rings. The van der Waals surface area contributed by atoms with Crippen LogP contribution >= 0.6 is 0 Å². The van der Waals surface area contributed by atoms with Crippen molar-refractivity contribution in [2.45, 2.75) is 19.0 Å². The third-order valence-corrected chi connectivity index (χ3v) is 3.20. The van der Waals surface area contributed by atoms with Crippen LogP contribution in [0.4, 0.5) is 19.0 Å². The molecule has 2 rings (SSSR count). The minimum atomic E-state index is -4.25. The molecule has 1 aliphatic heterocycles. The third-order valence-electron chi connectivity index (χ3n) is 3.20. The fourth-order valence-electron chi connectivity index (χ4n) is 2.14. The van der Waals surface area contributed by atoms with Crippen LogP contribution in [-0.4, -0.2) is 35.1 Å². The minimum absolute atomic E-state index is 0.0767. The Hall–Kier alpha value is -1.79. The summed E-state index contributed by atoms with van der Waals surface area (Å²) in [5.41, 5.74) is 5.66. The molecule has 0 aliphatic carbocycles. The van der Waals surface area contributed by atoms with E-state index < -0.39 is 18.0 Å². The van der Waals surface area contributed by atoms with E-state index in [9.17, 15) is 18.0 Å². The van der Waals surface area contributed by atoms with Crippen LogP contribution in [-0.2, 0) is 0 Å². The van der Waals surface area contributed by atoms with Crippen LogP contribution in [0, 0.1) is 5.92 Å². The molecule has 1 aromatic heterocycles. The summed E-state index contributed by atoms with van der Waals surface area (Å²) < 4.78 is 38.0. The Balaban J connectivity index is 2.09. The Morgan fingerprint density at radius 3 is 2.74 bits per heavy atom. The number of halogens is 3. The first-order valence-electron chi connectivity index (χ1n) is 5.95. The number of nitrogens with two attached hydrogens (primary N) is 1. The molecule has 1 aromatic rings. The van der Waals surface area contributed by atoms with Gasteiger partial charge in [0.1, 0.15) is 5.82 Å². The molecule has 0 saturated carbocycles. The Labute approximate surface area is 108 Å². The van der Waals surface area contributed by atoms with Crippen molar-refractivity contribution >= 4 is 11.7 Å². The molecule has 1 atom stereocenters. The molecule has 1 amide bonds. The molecule has 1 saturated heterocycles. The van der Waals surface area contributed by atoms with Crippen LogP contribution < -0.4 is 5.73 Å². The Morgan fingerprint density at radius 1 is 1.42 bits per heavy atom. The van der Waals surface area contributed by atoms with E-state index in [2.05, 4.69) is 4.98 Å². The van der Waals surface area contributed by atoms with Crippen molar-refractivity contribution in [2.75, 3.05) is 18.8 Å². The summed E-state index contributed by atoms with van der Waals surface area (Å²) >= 11 is 0. The van der Waals surface area contributed by atoms with Crippen molar-refractivity contribution in [3.05, 3.63) is 23.9 Å². The van der Waals surface area contributed by atoms with Gasteiger partial charge in [-0.15, -0.1) is 0 Å². The number of aromatic nitrogens is 1. The summed E-state index contributed by atoms with van der Waals surface area (Å²) in [6.45, 7) is 0.0580. The summed E-state index contributed by atoms with van der Waals surface area (Å²) in [5.74, 6) is -1.60. The molecular weight excluding hydrogens is 259 g/mol. The number of carbonyl (C=O) groups is 1. The van der Waals surface area contributed by atoms with Gasteiger partial charge >= 0.3 is 6.18 Å². The Morgan fingerprint density at radius 2 is 2.16 bits per heavy atom. The van der Waals surface area contributed by atoms with Gasteiger partial charge in [0, 0.05) is 19.3 Å². The number of piperidine rings is 1. The Bertz CT molecular complexity index is 458. The van der Waals surface area contributed by atoms with E-state index in [-0.39, 0.29) is 24.3 Å². The molecular formula is C12H14F3N3O. The van der Waals surface area contributed by atoms with Crippen LogP contribution in [0.5, 0.6) is 0 Å². The van der Waals surface area contributed by atoms with Gasteiger partial charge in [-0.25, -0.2) is 4.98 Å². The molecule has 0 spiro atoms. The maximum Gasteiger partial charge on any atom is 0.393 e. The van der Waals surface area contributed by atoms with Crippen molar-refractivity contribution in [3.63, 3.8) is 0 Å². The highest BCUT2D eigenvalue weighted by molar-refractivity contribution is 5.94. The third kappa shape index (κ3) is 3.15. The number of likely N-dealkylation sites (tertiary alicyclic amines) is 1. The highest BCUT2D eigenvalue weighted by atomic mass is 19.4. The molecule has 19 heavy (non-hydrogen) atoms. The van der Waals surface area contributed by atoms with E-state index in [0.717, 1.165) is 0 Å². The summed E-state index contributed by atoms with van der Waals surface area (Å²) in [4.78, 5) is 17.1. The van der Waals surface area contributed by atoms with Crippen molar-refractivity contribution in [1.29, 1.82) is 0 Å². The van der Waals surface area contributed by atoms with Gasteiger partial charge in [0.15, 0.2) is 0 Å². The summed E-state index contributed by atoms with van der Waals surface area (Å²) in [7, 11) is 0. The van der Waals surface area contributed by atoms with Crippen LogP contribution in [0.1, 0.15) is 23.2 Å². The lowest BCUT2D eigenvalue weighted by Gasteiger charge is -2.33. The smallest absolute Gasteiger partial charge is 0.384 e. The number of rotatable bonds is 1. The average molecular weight is 273 g/mol. The minimum Gasteiger partial charge on any atom is -0.384 e. The van der Waals surface area contributed by atoms with Crippen molar-refractivity contribution in [1.82, 2.24) is 9.88 Å². The van der Waals surface area contributed by atoms with Crippen LogP contribution in [0.3, 0.4) is 0 Å². The van der Waals surface area contributed by atoms with Gasteiger partial charge in [0.2, 0.25) is 0 Å². The van der Waals surface area contributed by atoms with Crippen molar-refractivity contribution in [3.8, 4) is 0 Å². The van der Waals surface area contributed by atoms with Gasteiger partial charge in [-0.1, -0.05) is 0 Å². The highest BCUT2D eigenvalue weighted by Gasteiger charge is 2.42. The molecule has 0 bridgehead atoms. The summed E-state index contributed by atoms with van der Waals surface area (Å²) in [5, 5.41) is 0. The summed E-state index contributed by atoms with van der Waals surface area (Å²) in [6, 6.07) is 2.93. The number of amides is 1. The second-order valence-corrected chi connectivity index (χ2v) is 4.60. The Kier molecular flexibility index (Phi) is 3.64. The monoisotopic (exact) mass is 273 g/mol. The highest BCUT2D eigenvalue weighted by Crippen LogP contribution is 2.33. The predicted molar refractivity (Wildman–Crippen MR) is 63.3 cm³/mol. The first-order chi connectivity index (χ1) is 8.88. The van der Waals surface area contributed by atoms with E-state index in [1.165, 1.54) is 23.2 Å². The number of carbonyl (C=O) groups excluding carboxylic acids is 1. The molecule has 2 N–H and O–H groups in total. The average Bonchev–Trinajstić information content (AvgIpc) is 2.38. The number of hydrogen-bond acceptors (Lipinski definition) is 3. The first-order valence-corrected chi connectivity index (χ1v) is 5.95. The fraction of sp³-hybridized carbons (Fsp3) is 0.500. The standard InChI is InChI=1S/C12H14F3N3O/c13-12(14,15)9-2-1-5-18(7-9)11(19)8-3-4-10(16)17-6-8/h3-4,6,9H,1-2,5,7H2,(H2,16,17).